The SMILES string of the molecule is Cc1ccccc1NC(=O)c1ccc(NC(C)C)cn1. The predicted octanol–water partition coefficient (Wildman–Crippen LogP) is 3.46. The molecule has 1 heterocycles. The van der Waals surface area contributed by atoms with E-state index in [0.29, 0.717) is 11.7 Å². The minimum Gasteiger partial charge on any atom is -0.382 e. The topological polar surface area (TPSA) is 54.0 Å². The van der Waals surface area contributed by atoms with Gasteiger partial charge in [0.1, 0.15) is 5.69 Å². The van der Waals surface area contributed by atoms with Crippen molar-refractivity contribution < 1.29 is 4.79 Å². The van der Waals surface area contributed by atoms with E-state index in [1.54, 1.807) is 12.3 Å². The number of rotatable bonds is 4. The highest BCUT2D eigenvalue weighted by molar-refractivity contribution is 6.03. The molecule has 2 aromatic rings. The van der Waals surface area contributed by atoms with Gasteiger partial charge < -0.3 is 10.6 Å². The molecule has 104 valence electrons. The van der Waals surface area contributed by atoms with E-state index >= 15 is 0 Å². The monoisotopic (exact) mass is 269 g/mol. The first-order chi connectivity index (χ1) is 9.56. The summed E-state index contributed by atoms with van der Waals surface area (Å²) in [5.74, 6) is -0.199. The number of nitrogens with one attached hydrogen (secondary N) is 2. The first-order valence-corrected chi connectivity index (χ1v) is 6.66. The van der Waals surface area contributed by atoms with Gasteiger partial charge in [0.25, 0.3) is 5.91 Å². The van der Waals surface area contributed by atoms with Gasteiger partial charge in [-0.25, -0.2) is 4.98 Å². The zero-order valence-corrected chi connectivity index (χ0v) is 12.0. The number of hydrogen-bond acceptors (Lipinski definition) is 3. The molecule has 0 aliphatic heterocycles. The first-order valence-electron chi connectivity index (χ1n) is 6.66. The number of anilines is 2. The van der Waals surface area contributed by atoms with Crippen molar-refractivity contribution in [3.63, 3.8) is 0 Å². The van der Waals surface area contributed by atoms with Crippen LogP contribution < -0.4 is 10.6 Å². The van der Waals surface area contributed by atoms with Crippen molar-refractivity contribution in [2.45, 2.75) is 26.8 Å². The Morgan fingerprint density at radius 3 is 2.50 bits per heavy atom. The second-order valence-electron chi connectivity index (χ2n) is 5.00. The fourth-order valence-electron chi connectivity index (χ4n) is 1.85. The first kappa shape index (κ1) is 14.1. The van der Waals surface area contributed by atoms with Crippen LogP contribution in [0.4, 0.5) is 11.4 Å². The Kier molecular flexibility index (Phi) is 4.35. The number of para-hydroxylation sites is 1. The van der Waals surface area contributed by atoms with Crippen LogP contribution in [0.2, 0.25) is 0 Å². The van der Waals surface area contributed by atoms with Gasteiger partial charge in [0, 0.05) is 11.7 Å². The Bertz CT molecular complexity index is 591. The third-order valence-corrected chi connectivity index (χ3v) is 2.84. The van der Waals surface area contributed by atoms with Crippen LogP contribution in [0.1, 0.15) is 29.9 Å². The lowest BCUT2D eigenvalue weighted by atomic mass is 10.2. The fraction of sp³-hybridized carbons (Fsp3) is 0.250. The minimum absolute atomic E-state index is 0.199. The Labute approximate surface area is 119 Å². The summed E-state index contributed by atoms with van der Waals surface area (Å²) in [6, 6.07) is 11.6. The van der Waals surface area contributed by atoms with Gasteiger partial charge in [-0.3, -0.25) is 4.79 Å². The summed E-state index contributed by atoms with van der Waals surface area (Å²) >= 11 is 0. The highest BCUT2D eigenvalue weighted by atomic mass is 16.1. The molecule has 2 N–H and O–H groups in total. The van der Waals surface area contributed by atoms with Gasteiger partial charge >= 0.3 is 0 Å². The molecule has 2 rings (SSSR count). The van der Waals surface area contributed by atoms with Crippen LogP contribution in [-0.4, -0.2) is 16.9 Å². The number of hydrogen-bond donors (Lipinski definition) is 2. The highest BCUT2D eigenvalue weighted by Gasteiger charge is 2.08. The maximum Gasteiger partial charge on any atom is 0.274 e. The number of benzene rings is 1. The van der Waals surface area contributed by atoms with Crippen molar-refractivity contribution in [3.8, 4) is 0 Å². The number of pyridine rings is 1. The van der Waals surface area contributed by atoms with Crippen LogP contribution >= 0.6 is 0 Å². The molecule has 0 saturated carbocycles. The molecule has 0 aliphatic carbocycles. The van der Waals surface area contributed by atoms with Gasteiger partial charge in [0.2, 0.25) is 0 Å². The summed E-state index contributed by atoms with van der Waals surface area (Å²) < 4.78 is 0. The Hall–Kier alpha value is -2.36. The molecule has 1 aromatic heterocycles. The van der Waals surface area contributed by atoms with Gasteiger partial charge in [0.05, 0.1) is 11.9 Å². The maximum atomic E-state index is 12.1. The van der Waals surface area contributed by atoms with E-state index in [-0.39, 0.29) is 5.91 Å². The molecule has 0 spiro atoms. The molecule has 0 saturated heterocycles. The van der Waals surface area contributed by atoms with Crippen LogP contribution in [0.5, 0.6) is 0 Å². The molecule has 1 amide bonds. The number of amides is 1. The van der Waals surface area contributed by atoms with Gasteiger partial charge in [-0.2, -0.15) is 0 Å². The molecule has 1 aromatic carbocycles. The molecule has 0 radical (unpaired) electrons. The average molecular weight is 269 g/mol. The second-order valence-corrected chi connectivity index (χ2v) is 5.00. The summed E-state index contributed by atoms with van der Waals surface area (Å²) in [6.45, 7) is 6.07. The molecule has 4 nitrogen and oxygen atoms in total. The Morgan fingerprint density at radius 2 is 1.90 bits per heavy atom. The van der Waals surface area contributed by atoms with E-state index in [9.17, 15) is 4.79 Å². The van der Waals surface area contributed by atoms with Crippen molar-refractivity contribution >= 4 is 17.3 Å². The summed E-state index contributed by atoms with van der Waals surface area (Å²) in [6.07, 6.45) is 1.67. The largest absolute Gasteiger partial charge is 0.382 e. The highest BCUT2D eigenvalue weighted by Crippen LogP contribution is 2.15. The predicted molar refractivity (Wildman–Crippen MR) is 82.1 cm³/mol. The average Bonchev–Trinajstić information content (AvgIpc) is 2.41. The quantitative estimate of drug-likeness (QED) is 0.893. The zero-order chi connectivity index (χ0) is 14.5. The van der Waals surface area contributed by atoms with Crippen molar-refractivity contribution in [2.24, 2.45) is 0 Å². The van der Waals surface area contributed by atoms with Crippen LogP contribution in [0.15, 0.2) is 42.6 Å². The van der Waals surface area contributed by atoms with Crippen molar-refractivity contribution in [1.82, 2.24) is 4.98 Å². The molecule has 0 unspecified atom stereocenters. The Balaban J connectivity index is 2.08. The second kappa shape index (κ2) is 6.19. The van der Waals surface area contributed by atoms with Crippen LogP contribution in [-0.2, 0) is 0 Å². The number of aryl methyl sites for hydroxylation is 1. The third kappa shape index (κ3) is 3.57. The van der Waals surface area contributed by atoms with Gasteiger partial charge in [-0.1, -0.05) is 18.2 Å². The van der Waals surface area contributed by atoms with Crippen LogP contribution in [0.3, 0.4) is 0 Å². The van der Waals surface area contributed by atoms with Gasteiger partial charge in [-0.05, 0) is 44.5 Å². The number of nitrogens with zero attached hydrogens (tertiary/aromatic N) is 1. The molecular weight excluding hydrogens is 250 g/mol. The van der Waals surface area contributed by atoms with E-state index < -0.39 is 0 Å². The molecule has 4 heteroatoms. The van der Waals surface area contributed by atoms with E-state index in [2.05, 4.69) is 29.5 Å². The number of aromatic nitrogens is 1. The van der Waals surface area contributed by atoms with Crippen molar-refractivity contribution in [3.05, 3.63) is 53.9 Å². The fourth-order valence-corrected chi connectivity index (χ4v) is 1.85. The number of carbonyl (C=O) groups is 1. The summed E-state index contributed by atoms with van der Waals surface area (Å²) in [4.78, 5) is 16.3. The third-order valence-electron chi connectivity index (χ3n) is 2.84. The molecular formula is C16H19N3O. The summed E-state index contributed by atoms with van der Waals surface area (Å²) in [7, 11) is 0. The van der Waals surface area contributed by atoms with Gasteiger partial charge in [0.15, 0.2) is 0 Å². The van der Waals surface area contributed by atoms with E-state index in [1.165, 1.54) is 0 Å². The van der Waals surface area contributed by atoms with Gasteiger partial charge in [-0.15, -0.1) is 0 Å². The molecule has 0 bridgehead atoms. The normalized spacial score (nSPS) is 10.4. The van der Waals surface area contributed by atoms with E-state index in [0.717, 1.165) is 16.9 Å². The lowest BCUT2D eigenvalue weighted by molar-refractivity contribution is 0.102. The lowest BCUT2D eigenvalue weighted by Crippen LogP contribution is -2.15. The molecule has 20 heavy (non-hydrogen) atoms. The summed E-state index contributed by atoms with van der Waals surface area (Å²) in [5.41, 5.74) is 3.15. The van der Waals surface area contributed by atoms with Crippen molar-refractivity contribution in [1.29, 1.82) is 0 Å². The van der Waals surface area contributed by atoms with Crippen molar-refractivity contribution in [2.75, 3.05) is 10.6 Å². The lowest BCUT2D eigenvalue weighted by Gasteiger charge is -2.10. The van der Waals surface area contributed by atoms with Crippen LogP contribution in [0, 0.1) is 6.92 Å². The summed E-state index contributed by atoms with van der Waals surface area (Å²) in [5, 5.41) is 6.10. The number of carbonyl (C=O) groups excluding carboxylic acids is 1. The molecule has 0 atom stereocenters. The van der Waals surface area contributed by atoms with Crippen LogP contribution in [0.25, 0.3) is 0 Å². The Morgan fingerprint density at radius 1 is 1.15 bits per heavy atom. The molecule has 0 aliphatic rings. The smallest absolute Gasteiger partial charge is 0.274 e. The molecule has 0 fully saturated rings. The van der Waals surface area contributed by atoms with E-state index in [4.69, 9.17) is 0 Å². The minimum atomic E-state index is -0.199. The maximum absolute atomic E-state index is 12.1. The zero-order valence-electron chi connectivity index (χ0n) is 12.0. The van der Waals surface area contributed by atoms with E-state index in [1.807, 2.05) is 37.3 Å². The standard InChI is InChI=1S/C16H19N3O/c1-11(2)18-13-8-9-15(17-10-13)16(20)19-14-7-5-4-6-12(14)3/h4-11,18H,1-3H3,(H,19,20).